The van der Waals surface area contributed by atoms with Gasteiger partial charge in [-0.15, -0.1) is 0 Å². The van der Waals surface area contributed by atoms with Crippen molar-refractivity contribution < 1.29 is 19.1 Å². The lowest BCUT2D eigenvalue weighted by molar-refractivity contribution is -0.115. The number of aromatic nitrogens is 2. The average Bonchev–Trinajstić information content (AvgIpc) is 3.51. The van der Waals surface area contributed by atoms with Gasteiger partial charge in [-0.3, -0.25) is 9.78 Å². The van der Waals surface area contributed by atoms with E-state index in [0.717, 1.165) is 34.0 Å². The molecule has 2 aromatic carbocycles. The third-order valence-electron chi connectivity index (χ3n) is 7.49. The lowest BCUT2D eigenvalue weighted by Crippen LogP contribution is -2.29. The van der Waals surface area contributed by atoms with Crippen molar-refractivity contribution in [1.82, 2.24) is 14.9 Å². The molecule has 0 aliphatic carbocycles. The first-order chi connectivity index (χ1) is 20.3. The van der Waals surface area contributed by atoms with E-state index in [1.807, 2.05) is 48.5 Å². The van der Waals surface area contributed by atoms with Gasteiger partial charge >= 0.3 is 5.97 Å². The summed E-state index contributed by atoms with van der Waals surface area (Å²) in [5.74, 6) is 0.0612. The quantitative estimate of drug-likeness (QED) is 0.198. The smallest absolute Gasteiger partial charge is 0.337 e. The van der Waals surface area contributed by atoms with Crippen LogP contribution in [0.15, 0.2) is 72.9 Å². The van der Waals surface area contributed by atoms with Crippen LogP contribution in [0.2, 0.25) is 0 Å². The first kappa shape index (κ1) is 28.8. The summed E-state index contributed by atoms with van der Waals surface area (Å²) < 4.78 is 12.7. The second-order valence-electron chi connectivity index (χ2n) is 9.98. The van der Waals surface area contributed by atoms with Gasteiger partial charge in [-0.25, -0.2) is 4.79 Å². The SMILES string of the molecule is CCC(=O)Nc1ccc(N2C(=S)N[C@@H](c3ccccn3)[C@@H]2c2cc(C)n(-c3ccc(C(=O)OC)cc3)c2C)cc1OC. The van der Waals surface area contributed by atoms with Crippen LogP contribution in [-0.2, 0) is 9.53 Å². The van der Waals surface area contributed by atoms with E-state index in [1.165, 1.54) is 7.11 Å². The molecular formula is C32H33N5O4S. The van der Waals surface area contributed by atoms with E-state index in [0.29, 0.717) is 28.5 Å². The van der Waals surface area contributed by atoms with E-state index < -0.39 is 0 Å². The monoisotopic (exact) mass is 583 g/mol. The summed E-state index contributed by atoms with van der Waals surface area (Å²) in [4.78, 5) is 30.8. The molecule has 1 saturated heterocycles. The maximum absolute atomic E-state index is 12.1. The minimum absolute atomic E-state index is 0.0976. The summed E-state index contributed by atoms with van der Waals surface area (Å²) in [6, 6.07) is 20.5. The number of hydrogen-bond acceptors (Lipinski definition) is 6. The molecule has 0 bridgehead atoms. The molecule has 1 aliphatic heterocycles. The summed E-state index contributed by atoms with van der Waals surface area (Å²) in [5, 5.41) is 6.95. The number of thiocarbonyl (C=S) groups is 1. The highest BCUT2D eigenvalue weighted by molar-refractivity contribution is 7.80. The zero-order valence-electron chi connectivity index (χ0n) is 24.2. The molecule has 216 valence electrons. The number of carbonyl (C=O) groups excluding carboxylic acids is 2. The first-order valence-electron chi connectivity index (χ1n) is 13.6. The predicted molar refractivity (Wildman–Crippen MR) is 166 cm³/mol. The van der Waals surface area contributed by atoms with Crippen LogP contribution in [0.1, 0.15) is 58.4 Å². The van der Waals surface area contributed by atoms with Crippen LogP contribution in [0.25, 0.3) is 5.69 Å². The molecule has 2 aromatic heterocycles. The molecule has 42 heavy (non-hydrogen) atoms. The first-order valence-corrected chi connectivity index (χ1v) is 14.0. The number of aryl methyl sites for hydroxylation is 1. The second kappa shape index (κ2) is 12.0. The van der Waals surface area contributed by atoms with Gasteiger partial charge in [-0.05, 0) is 86.2 Å². The Morgan fingerprint density at radius 1 is 1.02 bits per heavy atom. The van der Waals surface area contributed by atoms with E-state index in [4.69, 9.17) is 21.7 Å². The van der Waals surface area contributed by atoms with Crippen molar-refractivity contribution in [2.45, 2.75) is 39.3 Å². The van der Waals surface area contributed by atoms with Crippen molar-refractivity contribution in [2.24, 2.45) is 0 Å². The summed E-state index contributed by atoms with van der Waals surface area (Å²) in [6.45, 7) is 5.94. The molecule has 9 nitrogen and oxygen atoms in total. The van der Waals surface area contributed by atoms with Crippen LogP contribution >= 0.6 is 12.2 Å². The highest BCUT2D eigenvalue weighted by atomic mass is 32.1. The number of benzene rings is 2. The normalized spacial score (nSPS) is 16.2. The number of amides is 1. The van der Waals surface area contributed by atoms with Crippen LogP contribution in [0.5, 0.6) is 5.75 Å². The molecule has 0 saturated carbocycles. The van der Waals surface area contributed by atoms with Crippen LogP contribution < -0.4 is 20.3 Å². The zero-order chi connectivity index (χ0) is 30.0. The standard InChI is InChI=1S/C32H33N5O4S/c1-6-28(38)34-25-15-14-23(18-27(25)40-4)37-30(29(35-32(37)42)26-9-7-8-16-33-26)24-17-19(2)36(20(24)3)22-12-10-21(11-13-22)31(39)41-5/h7-18,29-30H,6H2,1-5H3,(H,34,38)(H,35,42)/t29-,30-/m0/s1. The average molecular weight is 584 g/mol. The molecule has 0 spiro atoms. The number of carbonyl (C=O) groups is 2. The van der Waals surface area contributed by atoms with Crippen LogP contribution in [-0.4, -0.2) is 40.8 Å². The molecule has 0 radical (unpaired) electrons. The van der Waals surface area contributed by atoms with Crippen molar-refractivity contribution in [3.63, 3.8) is 0 Å². The van der Waals surface area contributed by atoms with Crippen LogP contribution in [0.3, 0.4) is 0 Å². The molecule has 2 N–H and O–H groups in total. The maximum atomic E-state index is 12.1. The van der Waals surface area contributed by atoms with Crippen LogP contribution in [0, 0.1) is 13.8 Å². The highest BCUT2D eigenvalue weighted by Crippen LogP contribution is 2.45. The minimum atomic E-state index is -0.377. The van der Waals surface area contributed by atoms with Crippen molar-refractivity contribution in [3.05, 3.63) is 101 Å². The third kappa shape index (κ3) is 5.33. The van der Waals surface area contributed by atoms with E-state index in [1.54, 1.807) is 32.4 Å². The van der Waals surface area contributed by atoms with Gasteiger partial charge in [0.05, 0.1) is 43.2 Å². The number of ether oxygens (including phenoxy) is 2. The molecule has 0 unspecified atom stereocenters. The Labute approximate surface area is 250 Å². The topological polar surface area (TPSA) is 97.7 Å². The van der Waals surface area contributed by atoms with Crippen molar-refractivity contribution in [1.29, 1.82) is 0 Å². The predicted octanol–water partition coefficient (Wildman–Crippen LogP) is 5.81. The van der Waals surface area contributed by atoms with Crippen LogP contribution in [0.4, 0.5) is 11.4 Å². The van der Waals surface area contributed by atoms with Gasteiger partial charge in [0, 0.05) is 41.4 Å². The number of pyridine rings is 1. The molecule has 1 aliphatic rings. The zero-order valence-corrected chi connectivity index (χ0v) is 25.0. The Morgan fingerprint density at radius 3 is 2.40 bits per heavy atom. The molecule has 1 fully saturated rings. The molecule has 10 heteroatoms. The Hall–Kier alpha value is -4.70. The van der Waals surface area contributed by atoms with Gasteiger partial charge in [0.15, 0.2) is 5.11 Å². The Morgan fingerprint density at radius 2 is 1.76 bits per heavy atom. The molecule has 2 atom stereocenters. The Bertz CT molecular complexity index is 1630. The second-order valence-corrected chi connectivity index (χ2v) is 10.4. The lowest BCUT2D eigenvalue weighted by atomic mass is 9.96. The van der Waals surface area contributed by atoms with Crippen molar-refractivity contribution in [2.75, 3.05) is 24.4 Å². The maximum Gasteiger partial charge on any atom is 0.337 e. The van der Waals surface area contributed by atoms with Gasteiger partial charge in [-0.1, -0.05) is 13.0 Å². The Kier molecular flexibility index (Phi) is 8.26. The van der Waals surface area contributed by atoms with Gasteiger partial charge < -0.3 is 29.6 Å². The molecule has 4 aromatic rings. The minimum Gasteiger partial charge on any atom is -0.494 e. The fourth-order valence-electron chi connectivity index (χ4n) is 5.47. The van der Waals surface area contributed by atoms with E-state index >= 15 is 0 Å². The van der Waals surface area contributed by atoms with Gasteiger partial charge in [-0.2, -0.15) is 0 Å². The summed E-state index contributed by atoms with van der Waals surface area (Å²) in [5.41, 5.74) is 6.81. The molecule has 5 rings (SSSR count). The highest BCUT2D eigenvalue weighted by Gasteiger charge is 2.42. The molecule has 1 amide bonds. The summed E-state index contributed by atoms with van der Waals surface area (Å²) in [6.07, 6.45) is 2.14. The van der Waals surface area contributed by atoms with E-state index in [2.05, 4.69) is 45.0 Å². The summed E-state index contributed by atoms with van der Waals surface area (Å²) >= 11 is 5.93. The van der Waals surface area contributed by atoms with Gasteiger partial charge in [0.2, 0.25) is 5.91 Å². The number of hydrogen-bond donors (Lipinski definition) is 2. The lowest BCUT2D eigenvalue weighted by Gasteiger charge is -2.29. The van der Waals surface area contributed by atoms with Gasteiger partial charge in [0.1, 0.15) is 5.75 Å². The number of nitrogens with zero attached hydrogens (tertiary/aromatic N) is 3. The molecular weight excluding hydrogens is 550 g/mol. The largest absolute Gasteiger partial charge is 0.494 e. The fraction of sp³-hybridized carbons (Fsp3) is 0.250. The number of nitrogens with one attached hydrogen (secondary N) is 2. The third-order valence-corrected chi connectivity index (χ3v) is 7.81. The Balaban J connectivity index is 1.62. The van der Waals surface area contributed by atoms with Crippen molar-refractivity contribution >= 4 is 40.6 Å². The fourth-order valence-corrected chi connectivity index (χ4v) is 5.82. The van der Waals surface area contributed by atoms with E-state index in [-0.39, 0.29) is 24.0 Å². The number of rotatable bonds is 8. The van der Waals surface area contributed by atoms with Crippen molar-refractivity contribution in [3.8, 4) is 11.4 Å². The number of anilines is 2. The summed E-state index contributed by atoms with van der Waals surface area (Å²) in [7, 11) is 2.95. The number of esters is 1. The van der Waals surface area contributed by atoms with E-state index in [9.17, 15) is 9.59 Å². The number of methoxy groups -OCH3 is 2. The van der Waals surface area contributed by atoms with Gasteiger partial charge in [0.25, 0.3) is 0 Å². The molecule has 3 heterocycles.